The number of aryl methyl sites for hydroxylation is 2. The first kappa shape index (κ1) is 10.8. The Morgan fingerprint density at radius 3 is 2.06 bits per heavy atom. The van der Waals surface area contributed by atoms with Crippen LogP contribution in [-0.2, 0) is 12.8 Å². The van der Waals surface area contributed by atoms with E-state index >= 15 is 0 Å². The molecule has 0 bridgehead atoms. The minimum atomic E-state index is -0.788. The van der Waals surface area contributed by atoms with Crippen molar-refractivity contribution in [2.24, 2.45) is 0 Å². The van der Waals surface area contributed by atoms with Gasteiger partial charge in [0.2, 0.25) is 0 Å². The molecule has 0 saturated carbocycles. The summed E-state index contributed by atoms with van der Waals surface area (Å²) in [6.45, 7) is 0. The summed E-state index contributed by atoms with van der Waals surface area (Å²) < 4.78 is 25.6. The maximum Gasteiger partial charge on any atom is 0.159 e. The van der Waals surface area contributed by atoms with Gasteiger partial charge in [-0.1, -0.05) is 36.4 Å². The van der Waals surface area contributed by atoms with Crippen molar-refractivity contribution in [2.75, 3.05) is 0 Å². The van der Waals surface area contributed by atoms with Crippen molar-refractivity contribution in [3.05, 3.63) is 71.3 Å². The normalized spacial score (nSPS) is 10.4. The fourth-order valence-electron chi connectivity index (χ4n) is 1.63. The van der Waals surface area contributed by atoms with Gasteiger partial charge in [0.05, 0.1) is 0 Å². The fraction of sp³-hybridized carbons (Fsp3) is 0.143. The number of benzene rings is 2. The Hall–Kier alpha value is -1.70. The smallest absolute Gasteiger partial charge is 0.159 e. The highest BCUT2D eigenvalue weighted by Crippen LogP contribution is 2.11. The summed E-state index contributed by atoms with van der Waals surface area (Å²) in [4.78, 5) is 0. The van der Waals surface area contributed by atoms with E-state index in [9.17, 15) is 8.78 Å². The van der Waals surface area contributed by atoms with Crippen molar-refractivity contribution in [1.82, 2.24) is 0 Å². The van der Waals surface area contributed by atoms with Crippen LogP contribution in [0.5, 0.6) is 0 Å². The Kier molecular flexibility index (Phi) is 3.30. The van der Waals surface area contributed by atoms with Gasteiger partial charge in [-0.15, -0.1) is 0 Å². The highest BCUT2D eigenvalue weighted by molar-refractivity contribution is 5.21. The first-order valence-electron chi connectivity index (χ1n) is 5.23. The summed E-state index contributed by atoms with van der Waals surface area (Å²) >= 11 is 0. The molecule has 0 aliphatic carbocycles. The summed E-state index contributed by atoms with van der Waals surface area (Å²) in [5.41, 5.74) is 2.02. The second-order valence-electron chi connectivity index (χ2n) is 3.73. The molecule has 0 aliphatic heterocycles. The monoisotopic (exact) mass is 218 g/mol. The zero-order valence-electron chi connectivity index (χ0n) is 8.79. The minimum absolute atomic E-state index is 0.723. The van der Waals surface area contributed by atoms with Crippen LogP contribution in [0.25, 0.3) is 0 Å². The molecule has 16 heavy (non-hydrogen) atoms. The third-order valence-electron chi connectivity index (χ3n) is 2.53. The third kappa shape index (κ3) is 2.66. The molecule has 0 radical (unpaired) electrons. The number of hydrogen-bond donors (Lipinski definition) is 0. The molecule has 0 aromatic heterocycles. The number of rotatable bonds is 3. The highest BCUT2D eigenvalue weighted by Gasteiger charge is 2.02. The van der Waals surface area contributed by atoms with Crippen LogP contribution >= 0.6 is 0 Å². The molecular formula is C14H12F2. The lowest BCUT2D eigenvalue weighted by molar-refractivity contribution is 0.507. The molecule has 0 aliphatic rings. The summed E-state index contributed by atoms with van der Waals surface area (Å²) in [7, 11) is 0. The number of halogens is 2. The van der Waals surface area contributed by atoms with Gasteiger partial charge in [0.15, 0.2) is 11.6 Å². The van der Waals surface area contributed by atoms with Gasteiger partial charge in [0.1, 0.15) is 0 Å². The standard InChI is InChI=1S/C14H12F2/c15-13-9-8-12(10-14(13)16)7-6-11-4-2-1-3-5-11/h1-5,8-10H,6-7H2. The van der Waals surface area contributed by atoms with Crippen LogP contribution in [0.15, 0.2) is 48.5 Å². The molecule has 0 fully saturated rings. The van der Waals surface area contributed by atoms with Gasteiger partial charge in [-0.2, -0.15) is 0 Å². The lowest BCUT2D eigenvalue weighted by Crippen LogP contribution is -1.93. The van der Waals surface area contributed by atoms with E-state index in [2.05, 4.69) is 0 Å². The van der Waals surface area contributed by atoms with Gasteiger partial charge in [-0.3, -0.25) is 0 Å². The van der Waals surface area contributed by atoms with Crippen LogP contribution in [0.1, 0.15) is 11.1 Å². The predicted molar refractivity (Wildman–Crippen MR) is 60.2 cm³/mol. The molecule has 0 atom stereocenters. The predicted octanol–water partition coefficient (Wildman–Crippen LogP) is 3.75. The SMILES string of the molecule is Fc1ccc(CCc2ccccc2)cc1F. The van der Waals surface area contributed by atoms with E-state index in [1.165, 1.54) is 17.7 Å². The summed E-state index contributed by atoms with van der Waals surface area (Å²) in [5, 5.41) is 0. The van der Waals surface area contributed by atoms with Crippen molar-refractivity contribution in [1.29, 1.82) is 0 Å². The van der Waals surface area contributed by atoms with Crippen molar-refractivity contribution >= 4 is 0 Å². The van der Waals surface area contributed by atoms with E-state index in [4.69, 9.17) is 0 Å². The van der Waals surface area contributed by atoms with Crippen molar-refractivity contribution < 1.29 is 8.78 Å². The Balaban J connectivity index is 2.03. The Bertz CT molecular complexity index is 463. The molecule has 0 N–H and O–H groups in total. The Labute approximate surface area is 93.5 Å². The molecule has 0 heterocycles. The first-order chi connectivity index (χ1) is 7.75. The summed E-state index contributed by atoms with van der Waals surface area (Å²) in [6, 6.07) is 14.0. The fourth-order valence-corrected chi connectivity index (χ4v) is 1.63. The second-order valence-corrected chi connectivity index (χ2v) is 3.73. The van der Waals surface area contributed by atoms with E-state index < -0.39 is 11.6 Å². The van der Waals surface area contributed by atoms with E-state index in [1.54, 1.807) is 6.07 Å². The van der Waals surface area contributed by atoms with Crippen LogP contribution in [0.4, 0.5) is 8.78 Å². The molecular weight excluding hydrogens is 206 g/mol. The van der Waals surface area contributed by atoms with Crippen LogP contribution in [0.3, 0.4) is 0 Å². The van der Waals surface area contributed by atoms with Crippen LogP contribution in [0, 0.1) is 11.6 Å². The Morgan fingerprint density at radius 2 is 1.38 bits per heavy atom. The topological polar surface area (TPSA) is 0 Å². The van der Waals surface area contributed by atoms with Crippen molar-refractivity contribution in [3.63, 3.8) is 0 Å². The average molecular weight is 218 g/mol. The molecule has 0 amide bonds. The van der Waals surface area contributed by atoms with E-state index in [0.717, 1.165) is 18.4 Å². The molecule has 82 valence electrons. The zero-order chi connectivity index (χ0) is 11.4. The first-order valence-corrected chi connectivity index (χ1v) is 5.23. The molecule has 2 aromatic rings. The maximum absolute atomic E-state index is 12.9. The van der Waals surface area contributed by atoms with Gasteiger partial charge in [-0.05, 0) is 36.1 Å². The molecule has 2 aromatic carbocycles. The third-order valence-corrected chi connectivity index (χ3v) is 2.53. The van der Waals surface area contributed by atoms with E-state index in [-0.39, 0.29) is 0 Å². The molecule has 0 spiro atoms. The number of hydrogen-bond acceptors (Lipinski definition) is 0. The van der Waals surface area contributed by atoms with E-state index in [1.807, 2.05) is 30.3 Å². The quantitative estimate of drug-likeness (QED) is 0.736. The van der Waals surface area contributed by atoms with Crippen LogP contribution < -0.4 is 0 Å². The molecule has 0 unspecified atom stereocenters. The van der Waals surface area contributed by atoms with Crippen molar-refractivity contribution in [3.8, 4) is 0 Å². The summed E-state index contributed by atoms with van der Waals surface area (Å²) in [6.07, 6.45) is 1.56. The van der Waals surface area contributed by atoms with E-state index in [0.29, 0.717) is 0 Å². The Morgan fingerprint density at radius 1 is 0.688 bits per heavy atom. The van der Waals surface area contributed by atoms with Crippen LogP contribution in [0.2, 0.25) is 0 Å². The molecule has 2 heteroatoms. The van der Waals surface area contributed by atoms with Crippen LogP contribution in [-0.4, -0.2) is 0 Å². The molecule has 0 nitrogen and oxygen atoms in total. The molecule has 0 saturated heterocycles. The van der Waals surface area contributed by atoms with Gasteiger partial charge in [-0.25, -0.2) is 8.78 Å². The highest BCUT2D eigenvalue weighted by atomic mass is 19.2. The minimum Gasteiger partial charge on any atom is -0.204 e. The van der Waals surface area contributed by atoms with Gasteiger partial charge >= 0.3 is 0 Å². The van der Waals surface area contributed by atoms with Gasteiger partial charge in [0.25, 0.3) is 0 Å². The molecule has 2 rings (SSSR count). The zero-order valence-corrected chi connectivity index (χ0v) is 8.79. The lowest BCUT2D eigenvalue weighted by atomic mass is 10.0. The van der Waals surface area contributed by atoms with Gasteiger partial charge in [0, 0.05) is 0 Å². The van der Waals surface area contributed by atoms with Gasteiger partial charge < -0.3 is 0 Å². The largest absolute Gasteiger partial charge is 0.204 e. The second kappa shape index (κ2) is 4.88. The van der Waals surface area contributed by atoms with Crippen molar-refractivity contribution in [2.45, 2.75) is 12.8 Å². The summed E-state index contributed by atoms with van der Waals surface area (Å²) in [5.74, 6) is -1.56. The average Bonchev–Trinajstić information content (AvgIpc) is 2.32. The lowest BCUT2D eigenvalue weighted by Gasteiger charge is -2.02. The maximum atomic E-state index is 12.9.